The van der Waals surface area contributed by atoms with Crippen LogP contribution in [0.2, 0.25) is 0 Å². The van der Waals surface area contributed by atoms with Crippen molar-refractivity contribution in [3.63, 3.8) is 0 Å². The summed E-state index contributed by atoms with van der Waals surface area (Å²) in [5.41, 5.74) is 3.38. The first-order valence-electron chi connectivity index (χ1n) is 9.88. The van der Waals surface area contributed by atoms with Crippen molar-refractivity contribution in [1.29, 1.82) is 0 Å². The first-order chi connectivity index (χ1) is 14.9. The lowest BCUT2D eigenvalue weighted by Gasteiger charge is -2.18. The lowest BCUT2D eigenvalue weighted by Crippen LogP contribution is -2.51. The first-order valence-corrected chi connectivity index (χ1v) is 9.88. The molecule has 1 heterocycles. The van der Waals surface area contributed by atoms with Crippen LogP contribution in [-0.4, -0.2) is 24.5 Å². The molecule has 2 N–H and O–H groups in total. The molecule has 0 aliphatic carbocycles. The largest absolute Gasteiger partial charge is 0.490 e. The molecule has 4 amide bonds. The molecule has 3 rings (SSSR count). The molecule has 0 bridgehead atoms. The van der Waals surface area contributed by atoms with E-state index in [1.165, 1.54) is 11.6 Å². The fourth-order valence-electron chi connectivity index (χ4n) is 3.11. The van der Waals surface area contributed by atoms with Crippen LogP contribution < -0.4 is 20.1 Å². The fourth-order valence-corrected chi connectivity index (χ4v) is 3.11. The third kappa shape index (κ3) is 5.39. The average Bonchev–Trinajstić information content (AvgIpc) is 2.72. The predicted octanol–water partition coefficient (Wildman–Crippen LogP) is 3.45. The van der Waals surface area contributed by atoms with E-state index in [9.17, 15) is 14.4 Å². The van der Waals surface area contributed by atoms with Crippen molar-refractivity contribution in [3.8, 4) is 11.5 Å². The predicted molar refractivity (Wildman–Crippen MR) is 117 cm³/mol. The molecule has 2 aromatic carbocycles. The summed E-state index contributed by atoms with van der Waals surface area (Å²) in [4.78, 5) is 35.4. The van der Waals surface area contributed by atoms with E-state index in [2.05, 4.69) is 17.2 Å². The van der Waals surface area contributed by atoms with Crippen molar-refractivity contribution in [2.24, 2.45) is 0 Å². The van der Waals surface area contributed by atoms with E-state index in [0.717, 1.165) is 11.1 Å². The molecule has 1 fully saturated rings. The number of nitrogens with one attached hydrogen (secondary N) is 2. The van der Waals surface area contributed by atoms with Gasteiger partial charge < -0.3 is 9.47 Å². The van der Waals surface area contributed by atoms with Gasteiger partial charge in [0.15, 0.2) is 11.5 Å². The Labute approximate surface area is 180 Å². The Balaban J connectivity index is 1.97. The van der Waals surface area contributed by atoms with Gasteiger partial charge in [0.2, 0.25) is 0 Å². The number of carbonyl (C=O) groups excluding carboxylic acids is 3. The molecule has 7 heteroatoms. The Morgan fingerprint density at radius 3 is 2.29 bits per heavy atom. The molecule has 7 nitrogen and oxygen atoms in total. The summed E-state index contributed by atoms with van der Waals surface area (Å²) in [7, 11) is 0. The van der Waals surface area contributed by atoms with E-state index in [0.29, 0.717) is 36.7 Å². The van der Waals surface area contributed by atoms with Crippen LogP contribution >= 0.6 is 0 Å². The van der Waals surface area contributed by atoms with Crippen molar-refractivity contribution in [2.75, 3.05) is 6.61 Å². The number of ether oxygens (including phenoxy) is 2. The van der Waals surface area contributed by atoms with Gasteiger partial charge >= 0.3 is 6.03 Å². The van der Waals surface area contributed by atoms with Crippen LogP contribution in [-0.2, 0) is 22.6 Å². The Kier molecular flexibility index (Phi) is 6.87. The molecular weight excluding hydrogens is 396 g/mol. The second kappa shape index (κ2) is 9.75. The van der Waals surface area contributed by atoms with Crippen molar-refractivity contribution >= 4 is 23.9 Å². The molecule has 2 aromatic rings. The zero-order chi connectivity index (χ0) is 22.4. The van der Waals surface area contributed by atoms with E-state index in [-0.39, 0.29) is 5.57 Å². The number of allylic oxidation sites excluding steroid dienone is 1. The molecule has 0 unspecified atom stereocenters. The highest BCUT2D eigenvalue weighted by molar-refractivity contribution is 6.31. The zero-order valence-electron chi connectivity index (χ0n) is 17.5. The Morgan fingerprint density at radius 2 is 1.68 bits per heavy atom. The SMILES string of the molecule is C=CCc1cc(C=C2C(=O)NC(=O)NC2=O)cc(OCC)c1OCc1ccc(C)cc1. The van der Waals surface area contributed by atoms with Gasteiger partial charge in [0.25, 0.3) is 11.8 Å². The quantitative estimate of drug-likeness (QED) is 0.388. The van der Waals surface area contributed by atoms with Crippen LogP contribution in [0.1, 0.15) is 29.2 Å². The van der Waals surface area contributed by atoms with E-state index in [1.807, 2.05) is 38.1 Å². The number of hydrogen-bond acceptors (Lipinski definition) is 5. The molecule has 160 valence electrons. The summed E-state index contributed by atoms with van der Waals surface area (Å²) in [6, 6.07) is 10.7. The van der Waals surface area contributed by atoms with Gasteiger partial charge in [0, 0.05) is 5.56 Å². The molecule has 1 aliphatic rings. The molecule has 31 heavy (non-hydrogen) atoms. The number of imide groups is 2. The highest BCUT2D eigenvalue weighted by Crippen LogP contribution is 2.35. The van der Waals surface area contributed by atoms with Crippen LogP contribution in [0.25, 0.3) is 6.08 Å². The van der Waals surface area contributed by atoms with E-state index in [4.69, 9.17) is 9.47 Å². The Bertz CT molecular complexity index is 1030. The van der Waals surface area contributed by atoms with E-state index >= 15 is 0 Å². The molecular formula is C24H24N2O5. The maximum atomic E-state index is 12.1. The van der Waals surface area contributed by atoms with Gasteiger partial charge in [-0.15, -0.1) is 6.58 Å². The van der Waals surface area contributed by atoms with Crippen LogP contribution in [0.15, 0.2) is 54.6 Å². The summed E-state index contributed by atoms with van der Waals surface area (Å²) in [5, 5.41) is 4.13. The zero-order valence-corrected chi connectivity index (χ0v) is 17.5. The highest BCUT2D eigenvalue weighted by atomic mass is 16.5. The minimum Gasteiger partial charge on any atom is -0.490 e. The molecule has 0 aromatic heterocycles. The molecule has 0 atom stereocenters. The fraction of sp³-hybridized carbons (Fsp3) is 0.208. The van der Waals surface area contributed by atoms with Gasteiger partial charge in [0.1, 0.15) is 12.2 Å². The summed E-state index contributed by atoms with van der Waals surface area (Å²) < 4.78 is 11.9. The lowest BCUT2D eigenvalue weighted by atomic mass is 10.0. The van der Waals surface area contributed by atoms with Crippen LogP contribution in [0.4, 0.5) is 4.79 Å². The maximum absolute atomic E-state index is 12.1. The van der Waals surface area contributed by atoms with E-state index in [1.54, 1.807) is 18.2 Å². The third-order valence-electron chi connectivity index (χ3n) is 4.58. The van der Waals surface area contributed by atoms with Gasteiger partial charge in [-0.25, -0.2) is 4.79 Å². The first kappa shape index (κ1) is 21.8. The van der Waals surface area contributed by atoms with Gasteiger partial charge in [0.05, 0.1) is 6.61 Å². The second-order valence-corrected chi connectivity index (χ2v) is 7.00. The number of barbiturate groups is 1. The number of aryl methyl sites for hydroxylation is 1. The molecule has 1 aliphatic heterocycles. The van der Waals surface area contributed by atoms with Crippen LogP contribution in [0, 0.1) is 6.92 Å². The van der Waals surface area contributed by atoms with Crippen LogP contribution in [0.3, 0.4) is 0 Å². The molecule has 0 saturated carbocycles. The number of benzene rings is 2. The normalized spacial score (nSPS) is 13.4. The summed E-state index contributed by atoms with van der Waals surface area (Å²) in [5.74, 6) is -0.431. The molecule has 0 spiro atoms. The number of carbonyl (C=O) groups is 3. The van der Waals surface area contributed by atoms with Crippen molar-refractivity contribution in [3.05, 3.63) is 76.9 Å². The number of amides is 4. The highest BCUT2D eigenvalue weighted by Gasteiger charge is 2.28. The molecule has 1 saturated heterocycles. The van der Waals surface area contributed by atoms with Crippen molar-refractivity contribution in [2.45, 2.75) is 26.9 Å². The van der Waals surface area contributed by atoms with Gasteiger partial charge in [-0.1, -0.05) is 35.9 Å². The van der Waals surface area contributed by atoms with Crippen molar-refractivity contribution in [1.82, 2.24) is 10.6 Å². The third-order valence-corrected chi connectivity index (χ3v) is 4.58. The Morgan fingerprint density at radius 1 is 1.00 bits per heavy atom. The monoisotopic (exact) mass is 420 g/mol. The average molecular weight is 420 g/mol. The van der Waals surface area contributed by atoms with Crippen molar-refractivity contribution < 1.29 is 23.9 Å². The Hall–Kier alpha value is -3.87. The summed E-state index contributed by atoms with van der Waals surface area (Å²) >= 11 is 0. The smallest absolute Gasteiger partial charge is 0.328 e. The van der Waals surface area contributed by atoms with Gasteiger partial charge in [-0.2, -0.15) is 0 Å². The molecule has 0 radical (unpaired) electrons. The number of hydrogen-bond donors (Lipinski definition) is 2. The van der Waals surface area contributed by atoms with Crippen LogP contribution in [0.5, 0.6) is 11.5 Å². The number of urea groups is 1. The summed E-state index contributed by atoms with van der Waals surface area (Å²) in [6.07, 6.45) is 3.65. The minimum atomic E-state index is -0.839. The van der Waals surface area contributed by atoms with Gasteiger partial charge in [-0.3, -0.25) is 20.2 Å². The second-order valence-electron chi connectivity index (χ2n) is 7.00. The topological polar surface area (TPSA) is 93.7 Å². The number of rotatable bonds is 8. The van der Waals surface area contributed by atoms with Gasteiger partial charge in [-0.05, 0) is 49.6 Å². The standard InChI is InChI=1S/C24H24N2O5/c1-4-6-18-11-17(12-19-22(27)25-24(29)26-23(19)28)13-20(30-5-2)21(18)31-14-16-9-7-15(3)8-10-16/h4,7-13H,1,5-6,14H2,2-3H3,(H2,25,26,27,28,29). The maximum Gasteiger partial charge on any atom is 0.328 e. The minimum absolute atomic E-state index is 0.167. The summed E-state index contributed by atoms with van der Waals surface area (Å²) in [6.45, 7) is 8.45. The van der Waals surface area contributed by atoms with E-state index < -0.39 is 17.8 Å². The lowest BCUT2D eigenvalue weighted by molar-refractivity contribution is -0.123.